The van der Waals surface area contributed by atoms with Crippen LogP contribution in [0.4, 0.5) is 5.69 Å². The molecule has 1 rings (SSSR count). The molecule has 0 spiro atoms. The lowest BCUT2D eigenvalue weighted by atomic mass is 10.1. The fraction of sp³-hybridized carbons (Fsp3) is 0.533. The lowest BCUT2D eigenvalue weighted by Crippen LogP contribution is -2.37. The fourth-order valence-electron chi connectivity index (χ4n) is 2.02. The third-order valence-corrected chi connectivity index (χ3v) is 2.93. The van der Waals surface area contributed by atoms with Crippen molar-refractivity contribution in [2.45, 2.75) is 13.8 Å². The van der Waals surface area contributed by atoms with Crippen LogP contribution < -0.4 is 10.5 Å². The van der Waals surface area contributed by atoms with Crippen molar-refractivity contribution < 1.29 is 14.3 Å². The molecule has 20 heavy (non-hydrogen) atoms. The average Bonchev–Trinajstić information content (AvgIpc) is 2.41. The first-order valence-electron chi connectivity index (χ1n) is 6.72. The van der Waals surface area contributed by atoms with Gasteiger partial charge in [-0.25, -0.2) is 0 Å². The van der Waals surface area contributed by atoms with E-state index in [0.717, 1.165) is 0 Å². The highest BCUT2D eigenvalue weighted by atomic mass is 16.5. The first-order valence-corrected chi connectivity index (χ1v) is 6.72. The molecule has 1 amide bonds. The average molecular weight is 280 g/mol. The van der Waals surface area contributed by atoms with Crippen LogP contribution in [-0.4, -0.2) is 44.7 Å². The van der Waals surface area contributed by atoms with Gasteiger partial charge in [0.05, 0.1) is 13.7 Å². The SMILES string of the molecule is COCCN(CC(C)C)C(=O)c1c(N)cccc1OC. The summed E-state index contributed by atoms with van der Waals surface area (Å²) in [4.78, 5) is 14.4. The Hall–Kier alpha value is -1.75. The van der Waals surface area contributed by atoms with Crippen molar-refractivity contribution in [1.82, 2.24) is 4.90 Å². The van der Waals surface area contributed by atoms with Crippen LogP contribution in [0.3, 0.4) is 0 Å². The fourth-order valence-corrected chi connectivity index (χ4v) is 2.02. The van der Waals surface area contributed by atoms with Gasteiger partial charge in [0.25, 0.3) is 5.91 Å². The summed E-state index contributed by atoms with van der Waals surface area (Å²) in [7, 11) is 3.16. The van der Waals surface area contributed by atoms with Gasteiger partial charge in [-0.2, -0.15) is 0 Å². The van der Waals surface area contributed by atoms with Gasteiger partial charge in [-0.3, -0.25) is 4.79 Å². The van der Waals surface area contributed by atoms with Crippen molar-refractivity contribution in [2.75, 3.05) is 39.6 Å². The molecular weight excluding hydrogens is 256 g/mol. The van der Waals surface area contributed by atoms with E-state index in [4.69, 9.17) is 15.2 Å². The van der Waals surface area contributed by atoms with Crippen LogP contribution in [0, 0.1) is 5.92 Å². The van der Waals surface area contributed by atoms with Crippen molar-refractivity contribution in [1.29, 1.82) is 0 Å². The number of nitrogens with two attached hydrogens (primary N) is 1. The maximum Gasteiger partial charge on any atom is 0.259 e. The van der Waals surface area contributed by atoms with Gasteiger partial charge >= 0.3 is 0 Å². The Labute approximate surface area is 120 Å². The lowest BCUT2D eigenvalue weighted by molar-refractivity contribution is 0.0670. The van der Waals surface area contributed by atoms with Crippen LogP contribution in [-0.2, 0) is 4.74 Å². The monoisotopic (exact) mass is 280 g/mol. The predicted octanol–water partition coefficient (Wildman–Crippen LogP) is 2.02. The van der Waals surface area contributed by atoms with Gasteiger partial charge in [-0.1, -0.05) is 19.9 Å². The summed E-state index contributed by atoms with van der Waals surface area (Å²) in [6, 6.07) is 5.22. The quantitative estimate of drug-likeness (QED) is 0.776. The molecule has 0 aliphatic carbocycles. The van der Waals surface area contributed by atoms with Gasteiger partial charge in [-0.15, -0.1) is 0 Å². The maximum absolute atomic E-state index is 12.7. The molecule has 112 valence electrons. The normalized spacial score (nSPS) is 10.7. The van der Waals surface area contributed by atoms with Gasteiger partial charge in [0.15, 0.2) is 0 Å². The van der Waals surface area contributed by atoms with Gasteiger partial charge < -0.3 is 20.1 Å². The number of methoxy groups -OCH3 is 2. The number of anilines is 1. The van der Waals surface area contributed by atoms with Crippen LogP contribution in [0.1, 0.15) is 24.2 Å². The van der Waals surface area contributed by atoms with Crippen LogP contribution in [0.5, 0.6) is 5.75 Å². The smallest absolute Gasteiger partial charge is 0.259 e. The van der Waals surface area contributed by atoms with Crippen LogP contribution in [0.2, 0.25) is 0 Å². The molecule has 0 heterocycles. The summed E-state index contributed by atoms with van der Waals surface area (Å²) in [5.74, 6) is 0.749. The first kappa shape index (κ1) is 16.3. The second kappa shape index (κ2) is 7.75. The molecule has 0 aliphatic rings. The maximum atomic E-state index is 12.7. The Morgan fingerprint density at radius 3 is 2.60 bits per heavy atom. The van der Waals surface area contributed by atoms with Gasteiger partial charge in [0.2, 0.25) is 0 Å². The van der Waals surface area contributed by atoms with Crippen LogP contribution >= 0.6 is 0 Å². The molecule has 0 saturated carbocycles. The Bertz CT molecular complexity index is 447. The Morgan fingerprint density at radius 2 is 2.05 bits per heavy atom. The van der Waals surface area contributed by atoms with Gasteiger partial charge in [0, 0.05) is 25.9 Å². The van der Waals surface area contributed by atoms with Crippen molar-refractivity contribution >= 4 is 11.6 Å². The topological polar surface area (TPSA) is 64.8 Å². The molecule has 0 atom stereocenters. The van der Waals surface area contributed by atoms with Crippen molar-refractivity contribution in [3.63, 3.8) is 0 Å². The molecule has 0 bridgehead atoms. The van der Waals surface area contributed by atoms with Crippen molar-refractivity contribution in [2.24, 2.45) is 5.92 Å². The molecule has 0 unspecified atom stereocenters. The van der Waals surface area contributed by atoms with Gasteiger partial charge in [0.1, 0.15) is 11.3 Å². The summed E-state index contributed by atoms with van der Waals surface area (Å²) < 4.78 is 10.3. The molecular formula is C15H24N2O3. The van der Waals surface area contributed by atoms with E-state index < -0.39 is 0 Å². The first-order chi connectivity index (χ1) is 9.51. The third kappa shape index (κ3) is 4.13. The molecule has 0 fully saturated rings. The number of rotatable bonds is 7. The number of carbonyl (C=O) groups is 1. The highest BCUT2D eigenvalue weighted by Gasteiger charge is 2.22. The Balaban J connectivity index is 3.04. The van der Waals surface area contributed by atoms with Gasteiger partial charge in [-0.05, 0) is 18.1 Å². The van der Waals surface area contributed by atoms with E-state index in [1.807, 2.05) is 0 Å². The van der Waals surface area contributed by atoms with E-state index in [2.05, 4.69) is 13.8 Å². The highest BCUT2D eigenvalue weighted by molar-refractivity contribution is 6.01. The number of hydrogen-bond donors (Lipinski definition) is 1. The predicted molar refractivity (Wildman–Crippen MR) is 80.0 cm³/mol. The summed E-state index contributed by atoms with van der Waals surface area (Å²) in [5, 5.41) is 0. The third-order valence-electron chi connectivity index (χ3n) is 2.93. The van der Waals surface area contributed by atoms with E-state index in [-0.39, 0.29) is 5.91 Å². The minimum Gasteiger partial charge on any atom is -0.496 e. The van der Waals surface area contributed by atoms with Crippen LogP contribution in [0.25, 0.3) is 0 Å². The second-order valence-electron chi connectivity index (χ2n) is 5.06. The van der Waals surface area contributed by atoms with Crippen molar-refractivity contribution in [3.05, 3.63) is 23.8 Å². The van der Waals surface area contributed by atoms with Crippen molar-refractivity contribution in [3.8, 4) is 5.75 Å². The highest BCUT2D eigenvalue weighted by Crippen LogP contribution is 2.26. The molecule has 5 nitrogen and oxygen atoms in total. The Morgan fingerprint density at radius 1 is 1.35 bits per heavy atom. The number of nitrogens with zero attached hydrogens (tertiary/aromatic N) is 1. The van der Waals surface area contributed by atoms with E-state index in [1.54, 1.807) is 30.2 Å². The summed E-state index contributed by atoms with van der Waals surface area (Å²) >= 11 is 0. The summed E-state index contributed by atoms with van der Waals surface area (Å²) in [5.41, 5.74) is 6.79. The number of ether oxygens (including phenoxy) is 2. The standard InChI is InChI=1S/C15H24N2O3/c1-11(2)10-17(8-9-19-3)15(18)14-12(16)6-5-7-13(14)20-4/h5-7,11H,8-10,16H2,1-4H3. The zero-order chi connectivity index (χ0) is 15.1. The molecule has 0 saturated heterocycles. The molecule has 1 aromatic carbocycles. The Kier molecular flexibility index (Phi) is 6.31. The van der Waals surface area contributed by atoms with Crippen LogP contribution in [0.15, 0.2) is 18.2 Å². The molecule has 0 aliphatic heterocycles. The summed E-state index contributed by atoms with van der Waals surface area (Å²) in [6.45, 7) is 5.82. The molecule has 0 aromatic heterocycles. The number of hydrogen-bond acceptors (Lipinski definition) is 4. The number of carbonyl (C=O) groups excluding carboxylic acids is 1. The minimum atomic E-state index is -0.120. The minimum absolute atomic E-state index is 0.120. The molecule has 0 radical (unpaired) electrons. The molecule has 5 heteroatoms. The zero-order valence-electron chi connectivity index (χ0n) is 12.7. The van der Waals surface area contributed by atoms with E-state index >= 15 is 0 Å². The van der Waals surface area contributed by atoms with E-state index in [1.165, 1.54) is 7.11 Å². The largest absolute Gasteiger partial charge is 0.496 e. The molecule has 1 aromatic rings. The molecule has 2 N–H and O–H groups in total. The lowest BCUT2D eigenvalue weighted by Gasteiger charge is -2.25. The zero-order valence-corrected chi connectivity index (χ0v) is 12.7. The van der Waals surface area contributed by atoms with E-state index in [0.29, 0.717) is 42.6 Å². The number of benzene rings is 1. The second-order valence-corrected chi connectivity index (χ2v) is 5.06. The summed E-state index contributed by atoms with van der Waals surface area (Å²) in [6.07, 6.45) is 0. The number of nitrogen functional groups attached to an aromatic ring is 1. The van der Waals surface area contributed by atoms with E-state index in [9.17, 15) is 4.79 Å². The number of amides is 1.